The first-order chi connectivity index (χ1) is 14.0. The van der Waals surface area contributed by atoms with E-state index in [1.807, 2.05) is 17.0 Å². The van der Waals surface area contributed by atoms with Crippen LogP contribution in [0.3, 0.4) is 0 Å². The van der Waals surface area contributed by atoms with Crippen LogP contribution in [-0.2, 0) is 16.0 Å². The number of aryl methyl sites for hydroxylation is 1. The lowest BCUT2D eigenvalue weighted by Crippen LogP contribution is -2.48. The maximum atomic E-state index is 12.4. The number of nitrogens with zero attached hydrogens (tertiary/aromatic N) is 3. The number of aromatic nitrogens is 1. The van der Waals surface area contributed by atoms with Gasteiger partial charge in [-0.15, -0.1) is 0 Å². The highest BCUT2D eigenvalue weighted by Gasteiger charge is 2.21. The zero-order valence-electron chi connectivity index (χ0n) is 16.1. The smallest absolute Gasteiger partial charge is 0.414 e. The number of piperazine rings is 1. The van der Waals surface area contributed by atoms with Crippen molar-refractivity contribution in [1.29, 1.82) is 0 Å². The molecule has 0 saturated carbocycles. The number of carboxylic acids is 2. The predicted octanol–water partition coefficient (Wildman–Crippen LogP) is 1.63. The van der Waals surface area contributed by atoms with Crippen LogP contribution in [0.25, 0.3) is 0 Å². The van der Waals surface area contributed by atoms with Crippen molar-refractivity contribution in [3.05, 3.63) is 66.0 Å². The summed E-state index contributed by atoms with van der Waals surface area (Å²) in [6.45, 7) is 4.63. The lowest BCUT2D eigenvalue weighted by molar-refractivity contribution is -0.159. The van der Waals surface area contributed by atoms with E-state index in [0.29, 0.717) is 5.56 Å². The monoisotopic (exact) mass is 399 g/mol. The number of hydrogen-bond donors (Lipinski definition) is 2. The van der Waals surface area contributed by atoms with Gasteiger partial charge in [-0.3, -0.25) is 14.7 Å². The van der Waals surface area contributed by atoms with Crippen LogP contribution in [-0.4, -0.2) is 75.6 Å². The van der Waals surface area contributed by atoms with Crippen LogP contribution < -0.4 is 0 Å². The van der Waals surface area contributed by atoms with Crippen molar-refractivity contribution in [1.82, 2.24) is 14.8 Å². The molecule has 29 heavy (non-hydrogen) atoms. The molecule has 2 aromatic rings. The van der Waals surface area contributed by atoms with Gasteiger partial charge in [-0.1, -0.05) is 30.3 Å². The molecule has 0 radical (unpaired) electrons. The van der Waals surface area contributed by atoms with E-state index in [9.17, 15) is 4.79 Å². The number of rotatable bonds is 5. The summed E-state index contributed by atoms with van der Waals surface area (Å²) in [5.41, 5.74) is 2.09. The van der Waals surface area contributed by atoms with Crippen molar-refractivity contribution in [2.75, 3.05) is 32.7 Å². The van der Waals surface area contributed by atoms with Gasteiger partial charge in [0.1, 0.15) is 0 Å². The summed E-state index contributed by atoms with van der Waals surface area (Å²) in [6, 6.07) is 14.3. The molecule has 0 aliphatic carbocycles. The zero-order chi connectivity index (χ0) is 21.1. The Labute approximate surface area is 169 Å². The van der Waals surface area contributed by atoms with Gasteiger partial charge in [0, 0.05) is 38.6 Å². The van der Waals surface area contributed by atoms with Gasteiger partial charge in [0.15, 0.2) is 0 Å². The molecule has 1 amide bonds. The Hall–Kier alpha value is -3.26. The third kappa shape index (κ3) is 7.71. The van der Waals surface area contributed by atoms with E-state index in [1.54, 1.807) is 12.4 Å². The number of carbonyl (C=O) groups is 3. The molecule has 3 rings (SSSR count). The molecular formula is C21H25N3O5. The average molecular weight is 399 g/mol. The fourth-order valence-corrected chi connectivity index (χ4v) is 3.00. The van der Waals surface area contributed by atoms with E-state index in [-0.39, 0.29) is 5.91 Å². The van der Waals surface area contributed by atoms with Gasteiger partial charge in [-0.25, -0.2) is 9.59 Å². The lowest BCUT2D eigenvalue weighted by Gasteiger charge is -2.34. The third-order valence-corrected chi connectivity index (χ3v) is 4.53. The SMILES string of the molecule is O=C(O)C(=O)O.O=C(c1cccnc1)N1CCN(CCCc2ccccc2)CC1. The van der Waals surface area contributed by atoms with Crippen LogP contribution in [0.4, 0.5) is 0 Å². The Morgan fingerprint density at radius 2 is 1.55 bits per heavy atom. The summed E-state index contributed by atoms with van der Waals surface area (Å²) >= 11 is 0. The normalized spacial score (nSPS) is 13.9. The molecule has 2 heterocycles. The maximum absolute atomic E-state index is 12.4. The van der Waals surface area contributed by atoms with Crippen LogP contribution >= 0.6 is 0 Å². The van der Waals surface area contributed by atoms with Crippen molar-refractivity contribution in [2.24, 2.45) is 0 Å². The topological polar surface area (TPSA) is 111 Å². The molecule has 0 spiro atoms. The number of pyridine rings is 1. The molecule has 1 aliphatic heterocycles. The van der Waals surface area contributed by atoms with Crippen LogP contribution in [0.15, 0.2) is 54.9 Å². The summed E-state index contributed by atoms with van der Waals surface area (Å²) in [7, 11) is 0. The van der Waals surface area contributed by atoms with Crippen LogP contribution in [0.1, 0.15) is 22.3 Å². The van der Waals surface area contributed by atoms with Gasteiger partial charge in [0.05, 0.1) is 5.56 Å². The minimum absolute atomic E-state index is 0.0991. The summed E-state index contributed by atoms with van der Waals surface area (Å²) in [6.07, 6.45) is 5.63. The largest absolute Gasteiger partial charge is 0.473 e. The molecule has 8 heteroatoms. The van der Waals surface area contributed by atoms with Crippen LogP contribution in [0.2, 0.25) is 0 Å². The van der Waals surface area contributed by atoms with Crippen molar-refractivity contribution in [3.63, 3.8) is 0 Å². The first-order valence-electron chi connectivity index (χ1n) is 9.39. The van der Waals surface area contributed by atoms with Crippen molar-refractivity contribution in [2.45, 2.75) is 12.8 Å². The highest BCUT2D eigenvalue weighted by Crippen LogP contribution is 2.09. The quantitative estimate of drug-likeness (QED) is 0.735. The average Bonchev–Trinajstić information content (AvgIpc) is 2.75. The number of benzene rings is 1. The fraction of sp³-hybridized carbons (Fsp3) is 0.333. The van der Waals surface area contributed by atoms with Crippen molar-refractivity contribution >= 4 is 17.8 Å². The second kappa shape index (κ2) is 11.6. The second-order valence-electron chi connectivity index (χ2n) is 6.57. The number of carbonyl (C=O) groups excluding carboxylic acids is 1. The first kappa shape index (κ1) is 22.0. The van der Waals surface area contributed by atoms with Crippen LogP contribution in [0, 0.1) is 0 Å². The molecule has 2 N–H and O–H groups in total. The summed E-state index contributed by atoms with van der Waals surface area (Å²) in [5.74, 6) is -3.55. The highest BCUT2D eigenvalue weighted by atomic mass is 16.4. The Balaban J connectivity index is 0.000000438. The van der Waals surface area contributed by atoms with Gasteiger partial charge in [0.25, 0.3) is 5.91 Å². The van der Waals surface area contributed by atoms with E-state index in [0.717, 1.165) is 39.1 Å². The number of amides is 1. The molecule has 0 unspecified atom stereocenters. The minimum Gasteiger partial charge on any atom is -0.473 e. The Morgan fingerprint density at radius 1 is 0.897 bits per heavy atom. The first-order valence-corrected chi connectivity index (χ1v) is 9.39. The van der Waals surface area contributed by atoms with Gasteiger partial charge in [-0.05, 0) is 37.1 Å². The summed E-state index contributed by atoms with van der Waals surface area (Å²) in [5, 5.41) is 14.8. The molecule has 1 fully saturated rings. The Kier molecular flexibility index (Phi) is 8.78. The van der Waals surface area contributed by atoms with Gasteiger partial charge < -0.3 is 15.1 Å². The van der Waals surface area contributed by atoms with E-state index in [1.165, 1.54) is 12.0 Å². The Morgan fingerprint density at radius 3 is 2.10 bits per heavy atom. The van der Waals surface area contributed by atoms with Crippen LogP contribution in [0.5, 0.6) is 0 Å². The van der Waals surface area contributed by atoms with Gasteiger partial charge in [-0.2, -0.15) is 0 Å². The van der Waals surface area contributed by atoms with E-state index >= 15 is 0 Å². The molecule has 0 bridgehead atoms. The summed E-state index contributed by atoms with van der Waals surface area (Å²) < 4.78 is 0. The molecule has 1 aliphatic rings. The van der Waals surface area contributed by atoms with Crippen molar-refractivity contribution in [3.8, 4) is 0 Å². The van der Waals surface area contributed by atoms with Crippen molar-refractivity contribution < 1.29 is 24.6 Å². The molecule has 0 atom stereocenters. The maximum Gasteiger partial charge on any atom is 0.414 e. The van der Waals surface area contributed by atoms with E-state index in [4.69, 9.17) is 19.8 Å². The molecular weight excluding hydrogens is 374 g/mol. The third-order valence-electron chi connectivity index (χ3n) is 4.53. The van der Waals surface area contributed by atoms with Gasteiger partial charge >= 0.3 is 11.9 Å². The Bertz CT molecular complexity index is 778. The van der Waals surface area contributed by atoms with Gasteiger partial charge in [0.2, 0.25) is 0 Å². The minimum atomic E-state index is -1.82. The number of carboxylic acid groups (broad SMARTS) is 2. The van der Waals surface area contributed by atoms with E-state index in [2.05, 4.69) is 40.2 Å². The summed E-state index contributed by atoms with van der Waals surface area (Å²) in [4.78, 5) is 39.0. The molecule has 8 nitrogen and oxygen atoms in total. The molecule has 1 aromatic heterocycles. The molecule has 1 saturated heterocycles. The highest BCUT2D eigenvalue weighted by molar-refractivity contribution is 6.27. The lowest BCUT2D eigenvalue weighted by atomic mass is 10.1. The standard InChI is InChI=1S/C19H23N3O.C2H2O4/c23-19(18-9-4-10-20-16-18)22-14-12-21(13-15-22)11-5-8-17-6-2-1-3-7-17;3-1(4)2(5)6/h1-4,6-7,9-10,16H,5,8,11-15H2;(H,3,4)(H,5,6). The number of hydrogen-bond acceptors (Lipinski definition) is 5. The number of aliphatic carboxylic acids is 2. The molecule has 1 aromatic carbocycles. The fourth-order valence-electron chi connectivity index (χ4n) is 3.00. The van der Waals surface area contributed by atoms with E-state index < -0.39 is 11.9 Å². The second-order valence-corrected chi connectivity index (χ2v) is 6.57. The zero-order valence-corrected chi connectivity index (χ0v) is 16.1. The molecule has 154 valence electrons. The predicted molar refractivity (Wildman–Crippen MR) is 107 cm³/mol.